The number of aromatic nitrogens is 2. The summed E-state index contributed by atoms with van der Waals surface area (Å²) in [6, 6.07) is 7.29. The minimum Gasteiger partial charge on any atom is -0.386 e. The van der Waals surface area contributed by atoms with Crippen LogP contribution in [0.3, 0.4) is 0 Å². The van der Waals surface area contributed by atoms with Crippen molar-refractivity contribution >= 4 is 21.7 Å². The monoisotopic (exact) mass is 311 g/mol. The molecule has 0 radical (unpaired) electrons. The maximum absolute atomic E-state index is 10.5. The molecule has 0 fully saturated rings. The number of aliphatic hydroxyl groups excluding tert-OH is 1. The highest BCUT2D eigenvalue weighted by Gasteiger charge is 2.15. The summed E-state index contributed by atoms with van der Waals surface area (Å²) in [5, 5.41) is 20.5. The standard InChI is InChI=1S/C11H10BrN3O3/c12-9-4-2-1-3-8(9)10(16)5-14-6-11(13-7-14)15(17)18/h1-4,6-7,10,16H,5H2/t10-/m0/s1. The van der Waals surface area contributed by atoms with Gasteiger partial charge < -0.3 is 19.8 Å². The predicted octanol–water partition coefficient (Wildman–Crippen LogP) is 2.29. The van der Waals surface area contributed by atoms with Gasteiger partial charge in [-0.1, -0.05) is 34.1 Å². The molecule has 0 saturated heterocycles. The molecule has 1 heterocycles. The van der Waals surface area contributed by atoms with E-state index < -0.39 is 11.0 Å². The van der Waals surface area contributed by atoms with E-state index in [1.165, 1.54) is 17.1 Å². The zero-order chi connectivity index (χ0) is 13.1. The Kier molecular flexibility index (Phi) is 3.73. The highest BCUT2D eigenvalue weighted by Crippen LogP contribution is 2.24. The minimum absolute atomic E-state index is 0.212. The zero-order valence-corrected chi connectivity index (χ0v) is 10.8. The Bertz CT molecular complexity index is 570. The summed E-state index contributed by atoms with van der Waals surface area (Å²) < 4.78 is 2.29. The van der Waals surface area contributed by atoms with Crippen LogP contribution in [0.1, 0.15) is 11.7 Å². The van der Waals surface area contributed by atoms with Crippen LogP contribution in [0.2, 0.25) is 0 Å². The van der Waals surface area contributed by atoms with Crippen molar-refractivity contribution in [2.45, 2.75) is 12.6 Å². The van der Waals surface area contributed by atoms with Gasteiger partial charge in [-0.2, -0.15) is 0 Å². The van der Waals surface area contributed by atoms with E-state index in [4.69, 9.17) is 0 Å². The van der Waals surface area contributed by atoms with Crippen molar-refractivity contribution in [1.82, 2.24) is 9.55 Å². The van der Waals surface area contributed by atoms with Crippen LogP contribution in [0.15, 0.2) is 41.3 Å². The largest absolute Gasteiger partial charge is 0.386 e. The van der Waals surface area contributed by atoms with Crippen molar-refractivity contribution in [2.24, 2.45) is 0 Å². The third kappa shape index (κ3) is 2.74. The fourth-order valence-electron chi connectivity index (χ4n) is 1.59. The van der Waals surface area contributed by atoms with Gasteiger partial charge in [0.05, 0.1) is 12.6 Å². The molecule has 0 aliphatic heterocycles. The summed E-state index contributed by atoms with van der Waals surface area (Å²) in [6.45, 7) is 0.212. The van der Waals surface area contributed by atoms with E-state index >= 15 is 0 Å². The van der Waals surface area contributed by atoms with Crippen LogP contribution in [0, 0.1) is 10.1 Å². The van der Waals surface area contributed by atoms with Gasteiger partial charge in [0.2, 0.25) is 6.33 Å². The molecule has 1 aromatic heterocycles. The maximum atomic E-state index is 10.5. The second-order valence-electron chi connectivity index (χ2n) is 3.72. The van der Waals surface area contributed by atoms with Crippen molar-refractivity contribution in [1.29, 1.82) is 0 Å². The minimum atomic E-state index is -0.755. The van der Waals surface area contributed by atoms with E-state index in [0.717, 1.165) is 10.0 Å². The third-order valence-electron chi connectivity index (χ3n) is 2.45. The van der Waals surface area contributed by atoms with Crippen molar-refractivity contribution in [3.05, 3.63) is 56.9 Å². The number of hydrogen-bond acceptors (Lipinski definition) is 4. The van der Waals surface area contributed by atoms with Crippen LogP contribution in [0.25, 0.3) is 0 Å². The summed E-state index contributed by atoms with van der Waals surface area (Å²) in [5.41, 5.74) is 0.730. The lowest BCUT2D eigenvalue weighted by molar-refractivity contribution is -0.389. The Balaban J connectivity index is 2.13. The molecule has 0 amide bonds. The smallest absolute Gasteiger partial charge is 0.381 e. The fraction of sp³-hybridized carbons (Fsp3) is 0.182. The highest BCUT2D eigenvalue weighted by molar-refractivity contribution is 9.10. The van der Waals surface area contributed by atoms with Crippen LogP contribution in [-0.4, -0.2) is 19.6 Å². The van der Waals surface area contributed by atoms with Gasteiger partial charge >= 0.3 is 5.82 Å². The lowest BCUT2D eigenvalue weighted by Crippen LogP contribution is -2.07. The van der Waals surface area contributed by atoms with Crippen LogP contribution in [0.4, 0.5) is 5.82 Å². The second-order valence-corrected chi connectivity index (χ2v) is 4.58. The molecule has 7 heteroatoms. The number of halogens is 1. The summed E-state index contributed by atoms with van der Waals surface area (Å²) >= 11 is 3.35. The number of rotatable bonds is 4. The molecule has 1 aromatic carbocycles. The summed E-state index contributed by atoms with van der Waals surface area (Å²) in [4.78, 5) is 13.5. The molecule has 0 aliphatic rings. The normalized spacial score (nSPS) is 12.3. The number of imidazole rings is 1. The Morgan fingerprint density at radius 3 is 2.83 bits per heavy atom. The number of nitro groups is 1. The molecule has 0 saturated carbocycles. The van der Waals surface area contributed by atoms with Crippen molar-refractivity contribution in [2.75, 3.05) is 0 Å². The Morgan fingerprint density at radius 1 is 1.50 bits per heavy atom. The second kappa shape index (κ2) is 5.28. The van der Waals surface area contributed by atoms with Gasteiger partial charge in [-0.25, -0.2) is 0 Å². The van der Waals surface area contributed by atoms with Crippen molar-refractivity contribution in [3.8, 4) is 0 Å². The van der Waals surface area contributed by atoms with Gasteiger partial charge in [0, 0.05) is 4.47 Å². The molecule has 18 heavy (non-hydrogen) atoms. The molecule has 94 valence electrons. The van der Waals surface area contributed by atoms with E-state index in [0.29, 0.717) is 0 Å². The van der Waals surface area contributed by atoms with Gasteiger partial charge in [0.1, 0.15) is 6.20 Å². The van der Waals surface area contributed by atoms with Crippen LogP contribution < -0.4 is 0 Å². The molecule has 2 rings (SSSR count). The molecule has 0 unspecified atom stereocenters. The average molecular weight is 312 g/mol. The molecule has 0 bridgehead atoms. The van der Waals surface area contributed by atoms with Crippen LogP contribution >= 0.6 is 15.9 Å². The molecule has 1 atom stereocenters. The topological polar surface area (TPSA) is 81.2 Å². The number of benzene rings is 1. The summed E-state index contributed by atoms with van der Waals surface area (Å²) in [6.07, 6.45) is 1.87. The predicted molar refractivity (Wildman–Crippen MR) is 68.0 cm³/mol. The average Bonchev–Trinajstić information content (AvgIpc) is 2.78. The Labute approximate surface area is 111 Å². The summed E-state index contributed by atoms with van der Waals surface area (Å²) in [5.74, 6) is -0.227. The van der Waals surface area contributed by atoms with Crippen molar-refractivity contribution < 1.29 is 10.0 Å². The fourth-order valence-corrected chi connectivity index (χ4v) is 2.13. The van der Waals surface area contributed by atoms with E-state index in [2.05, 4.69) is 20.9 Å². The van der Waals surface area contributed by atoms with E-state index in [1.54, 1.807) is 6.07 Å². The molecule has 0 aliphatic carbocycles. The summed E-state index contributed by atoms with van der Waals surface area (Å²) in [7, 11) is 0. The quantitative estimate of drug-likeness (QED) is 0.694. The zero-order valence-electron chi connectivity index (χ0n) is 9.23. The first kappa shape index (κ1) is 12.7. The number of nitrogens with zero attached hydrogens (tertiary/aromatic N) is 3. The number of aliphatic hydroxyl groups is 1. The highest BCUT2D eigenvalue weighted by atomic mass is 79.9. The maximum Gasteiger partial charge on any atom is 0.381 e. The van der Waals surface area contributed by atoms with E-state index in [-0.39, 0.29) is 12.4 Å². The van der Waals surface area contributed by atoms with Gasteiger partial charge in [-0.3, -0.25) is 0 Å². The van der Waals surface area contributed by atoms with Crippen LogP contribution in [0.5, 0.6) is 0 Å². The first-order valence-corrected chi connectivity index (χ1v) is 5.96. The van der Waals surface area contributed by atoms with Gasteiger partial charge in [-0.05, 0) is 21.5 Å². The Hall–Kier alpha value is -1.73. The lowest BCUT2D eigenvalue weighted by atomic mass is 10.1. The van der Waals surface area contributed by atoms with E-state index in [9.17, 15) is 15.2 Å². The lowest BCUT2D eigenvalue weighted by Gasteiger charge is -2.12. The molecule has 0 spiro atoms. The van der Waals surface area contributed by atoms with Gasteiger partial charge in [0.15, 0.2) is 0 Å². The van der Waals surface area contributed by atoms with Gasteiger partial charge in [-0.15, -0.1) is 0 Å². The first-order valence-electron chi connectivity index (χ1n) is 5.16. The third-order valence-corrected chi connectivity index (χ3v) is 3.18. The van der Waals surface area contributed by atoms with Gasteiger partial charge in [0.25, 0.3) is 0 Å². The van der Waals surface area contributed by atoms with Crippen molar-refractivity contribution in [3.63, 3.8) is 0 Å². The Morgan fingerprint density at radius 2 is 2.22 bits per heavy atom. The molecule has 6 nitrogen and oxygen atoms in total. The molecular weight excluding hydrogens is 302 g/mol. The van der Waals surface area contributed by atoms with Crippen LogP contribution in [-0.2, 0) is 6.54 Å². The molecular formula is C11H10BrN3O3. The molecule has 1 N–H and O–H groups in total. The SMILES string of the molecule is O=[N+]([O-])c1cn(C[C@H](O)c2ccccc2Br)cn1. The molecule has 2 aromatic rings. The first-order chi connectivity index (χ1) is 8.58. The van der Waals surface area contributed by atoms with E-state index in [1.807, 2.05) is 18.2 Å². The number of hydrogen-bond donors (Lipinski definition) is 1.